The van der Waals surface area contributed by atoms with Crippen LogP contribution in [-0.4, -0.2) is 26.8 Å². The molecule has 0 spiro atoms. The minimum atomic E-state index is -0.753. The maximum atomic E-state index is 12.3. The first-order valence-electron chi connectivity index (χ1n) is 7.77. The van der Waals surface area contributed by atoms with E-state index in [9.17, 15) is 9.90 Å². The molecule has 0 saturated heterocycles. The Balaban J connectivity index is 1.60. The number of hydrogen-bond acceptors (Lipinski definition) is 4. The normalized spacial score (nSPS) is 13.4. The molecule has 1 aromatic carbocycles. The van der Waals surface area contributed by atoms with Gasteiger partial charge in [0, 0.05) is 18.7 Å². The molecule has 0 aliphatic rings. The number of nitrogens with zero attached hydrogens (tertiary/aromatic N) is 2. The molecule has 1 amide bonds. The van der Waals surface area contributed by atoms with Crippen LogP contribution in [0, 0.1) is 0 Å². The van der Waals surface area contributed by atoms with Gasteiger partial charge in [-0.25, -0.2) is 4.68 Å². The average molecular weight is 325 g/mol. The van der Waals surface area contributed by atoms with Crippen molar-refractivity contribution >= 4 is 5.91 Å². The second-order valence-electron chi connectivity index (χ2n) is 5.62. The van der Waals surface area contributed by atoms with E-state index in [4.69, 9.17) is 4.42 Å². The molecule has 2 unspecified atom stereocenters. The van der Waals surface area contributed by atoms with Crippen LogP contribution in [0.1, 0.15) is 35.7 Å². The molecular weight excluding hydrogens is 306 g/mol. The number of amides is 1. The van der Waals surface area contributed by atoms with Crippen molar-refractivity contribution in [1.82, 2.24) is 15.1 Å². The Morgan fingerprint density at radius 1 is 1.25 bits per heavy atom. The van der Waals surface area contributed by atoms with E-state index in [0.29, 0.717) is 17.9 Å². The lowest BCUT2D eigenvalue weighted by molar-refractivity contribution is 0.0898. The zero-order chi connectivity index (χ0) is 16.9. The second-order valence-corrected chi connectivity index (χ2v) is 5.62. The number of furan rings is 1. The summed E-state index contributed by atoms with van der Waals surface area (Å²) in [5.41, 5.74) is 1.22. The number of aliphatic hydroxyl groups is 1. The predicted molar refractivity (Wildman–Crippen MR) is 88.8 cm³/mol. The van der Waals surface area contributed by atoms with E-state index in [-0.39, 0.29) is 11.9 Å². The third kappa shape index (κ3) is 3.72. The monoisotopic (exact) mass is 325 g/mol. The van der Waals surface area contributed by atoms with Gasteiger partial charge in [-0.05, 0) is 37.3 Å². The van der Waals surface area contributed by atoms with Crippen LogP contribution >= 0.6 is 0 Å². The average Bonchev–Trinajstić information content (AvgIpc) is 3.27. The number of aromatic nitrogens is 2. The smallest absolute Gasteiger partial charge is 0.272 e. The highest BCUT2D eigenvalue weighted by molar-refractivity contribution is 5.92. The minimum Gasteiger partial charge on any atom is -0.467 e. The summed E-state index contributed by atoms with van der Waals surface area (Å²) >= 11 is 0. The Morgan fingerprint density at radius 2 is 2.04 bits per heavy atom. The zero-order valence-electron chi connectivity index (χ0n) is 13.3. The number of carbonyl (C=O) groups excluding carboxylic acids is 1. The van der Waals surface area contributed by atoms with E-state index in [2.05, 4.69) is 10.4 Å². The summed E-state index contributed by atoms with van der Waals surface area (Å²) in [6.45, 7) is 1.83. The van der Waals surface area contributed by atoms with Crippen LogP contribution in [0.2, 0.25) is 0 Å². The number of hydrogen-bond donors (Lipinski definition) is 2. The van der Waals surface area contributed by atoms with Crippen LogP contribution in [0.25, 0.3) is 5.69 Å². The number of aliphatic hydroxyl groups excluding tert-OH is 1. The van der Waals surface area contributed by atoms with Crippen molar-refractivity contribution in [2.75, 3.05) is 0 Å². The topological polar surface area (TPSA) is 80.3 Å². The van der Waals surface area contributed by atoms with Crippen molar-refractivity contribution in [1.29, 1.82) is 0 Å². The molecule has 0 saturated carbocycles. The minimum absolute atomic E-state index is 0.223. The van der Waals surface area contributed by atoms with Crippen molar-refractivity contribution in [3.8, 4) is 5.69 Å². The Bertz CT molecular complexity index is 781. The molecule has 0 radical (unpaired) electrons. The lowest BCUT2D eigenvalue weighted by Gasteiger charge is -2.16. The van der Waals surface area contributed by atoms with Gasteiger partial charge in [0.15, 0.2) is 5.69 Å². The van der Waals surface area contributed by atoms with Gasteiger partial charge >= 0.3 is 0 Å². The molecule has 6 nitrogen and oxygen atoms in total. The fraction of sp³-hybridized carbons (Fsp3) is 0.222. The van der Waals surface area contributed by atoms with E-state index in [0.717, 1.165) is 5.69 Å². The van der Waals surface area contributed by atoms with Crippen LogP contribution in [0.5, 0.6) is 0 Å². The second kappa shape index (κ2) is 7.14. The van der Waals surface area contributed by atoms with Gasteiger partial charge in [0.2, 0.25) is 0 Å². The summed E-state index contributed by atoms with van der Waals surface area (Å²) in [6, 6.07) is 14.4. The zero-order valence-corrected chi connectivity index (χ0v) is 13.3. The third-order valence-corrected chi connectivity index (χ3v) is 3.67. The van der Waals surface area contributed by atoms with Crippen LogP contribution in [0.3, 0.4) is 0 Å². The molecule has 2 atom stereocenters. The first-order chi connectivity index (χ1) is 11.6. The van der Waals surface area contributed by atoms with E-state index in [1.54, 1.807) is 29.1 Å². The van der Waals surface area contributed by atoms with Gasteiger partial charge in [-0.1, -0.05) is 18.2 Å². The molecule has 2 N–H and O–H groups in total. The number of nitrogens with one attached hydrogen (secondary N) is 1. The molecule has 0 aliphatic heterocycles. The van der Waals surface area contributed by atoms with Crippen LogP contribution in [0.15, 0.2) is 65.4 Å². The number of para-hydroxylation sites is 1. The van der Waals surface area contributed by atoms with Gasteiger partial charge in [0.1, 0.15) is 11.9 Å². The summed E-state index contributed by atoms with van der Waals surface area (Å²) < 4.78 is 6.81. The molecule has 6 heteroatoms. The molecular formula is C18H19N3O3. The largest absolute Gasteiger partial charge is 0.467 e. The standard InChI is InChI=1S/C18H19N3O3/c1-13(12-16(22)17-8-5-11-24-17)19-18(23)15-9-10-21(20-15)14-6-3-2-4-7-14/h2-11,13,16,22H,12H2,1H3,(H,19,23). The third-order valence-electron chi connectivity index (χ3n) is 3.67. The van der Waals surface area contributed by atoms with Gasteiger partial charge in [-0.15, -0.1) is 0 Å². The van der Waals surface area contributed by atoms with Gasteiger partial charge in [-0.3, -0.25) is 4.79 Å². The molecule has 0 fully saturated rings. The highest BCUT2D eigenvalue weighted by Gasteiger charge is 2.18. The van der Waals surface area contributed by atoms with Gasteiger partial charge in [0.25, 0.3) is 5.91 Å². The Hall–Kier alpha value is -2.86. The Morgan fingerprint density at radius 3 is 2.75 bits per heavy atom. The molecule has 0 aliphatic carbocycles. The summed E-state index contributed by atoms with van der Waals surface area (Å²) in [5.74, 6) is 0.216. The lowest BCUT2D eigenvalue weighted by atomic mass is 10.1. The van der Waals surface area contributed by atoms with E-state index in [1.165, 1.54) is 6.26 Å². The Kier molecular flexibility index (Phi) is 4.77. The van der Waals surface area contributed by atoms with Crippen LogP contribution < -0.4 is 5.32 Å². The number of benzene rings is 1. The summed E-state index contributed by atoms with van der Waals surface area (Å²) in [4.78, 5) is 12.3. The van der Waals surface area contributed by atoms with Crippen LogP contribution in [0.4, 0.5) is 0 Å². The van der Waals surface area contributed by atoms with Crippen molar-refractivity contribution in [3.63, 3.8) is 0 Å². The highest BCUT2D eigenvalue weighted by atomic mass is 16.4. The molecule has 24 heavy (non-hydrogen) atoms. The van der Waals surface area contributed by atoms with Crippen LogP contribution in [-0.2, 0) is 0 Å². The maximum Gasteiger partial charge on any atom is 0.272 e. The van der Waals surface area contributed by atoms with Gasteiger partial charge < -0.3 is 14.8 Å². The summed E-state index contributed by atoms with van der Waals surface area (Å²) in [7, 11) is 0. The summed E-state index contributed by atoms with van der Waals surface area (Å²) in [6.07, 6.45) is 2.86. The molecule has 2 heterocycles. The predicted octanol–water partition coefficient (Wildman–Crippen LogP) is 2.71. The first-order valence-corrected chi connectivity index (χ1v) is 7.77. The van der Waals surface area contributed by atoms with Gasteiger partial charge in [-0.2, -0.15) is 5.10 Å². The van der Waals surface area contributed by atoms with Crippen molar-refractivity contribution in [2.45, 2.75) is 25.5 Å². The molecule has 2 aromatic heterocycles. The number of rotatable bonds is 6. The van der Waals surface area contributed by atoms with E-state index < -0.39 is 6.10 Å². The first kappa shape index (κ1) is 16.0. The SMILES string of the molecule is CC(CC(O)c1ccco1)NC(=O)c1ccn(-c2ccccc2)n1. The number of carbonyl (C=O) groups is 1. The molecule has 3 aromatic rings. The van der Waals surface area contributed by atoms with Crippen molar-refractivity contribution in [3.05, 3.63) is 72.4 Å². The fourth-order valence-electron chi connectivity index (χ4n) is 2.46. The highest BCUT2D eigenvalue weighted by Crippen LogP contribution is 2.18. The maximum absolute atomic E-state index is 12.3. The Labute approximate surface area is 139 Å². The summed E-state index contributed by atoms with van der Waals surface area (Å²) in [5, 5.41) is 17.2. The van der Waals surface area contributed by atoms with E-state index in [1.807, 2.05) is 37.3 Å². The molecule has 3 rings (SSSR count). The van der Waals surface area contributed by atoms with Gasteiger partial charge in [0.05, 0.1) is 12.0 Å². The fourth-order valence-corrected chi connectivity index (χ4v) is 2.46. The van der Waals surface area contributed by atoms with E-state index >= 15 is 0 Å². The molecule has 0 bridgehead atoms. The van der Waals surface area contributed by atoms with Crippen molar-refractivity contribution < 1.29 is 14.3 Å². The van der Waals surface area contributed by atoms with Crippen molar-refractivity contribution in [2.24, 2.45) is 0 Å². The molecule has 124 valence electrons. The lowest BCUT2D eigenvalue weighted by Crippen LogP contribution is -2.34. The quantitative estimate of drug-likeness (QED) is 0.730.